The smallest absolute Gasteiger partial charge is 0.416 e. The van der Waals surface area contributed by atoms with Gasteiger partial charge in [0.25, 0.3) is 0 Å². The molecule has 0 saturated carbocycles. The van der Waals surface area contributed by atoms with Gasteiger partial charge in [-0.15, -0.1) is 0 Å². The summed E-state index contributed by atoms with van der Waals surface area (Å²) in [4.78, 5) is 12.9. The van der Waals surface area contributed by atoms with E-state index in [4.69, 9.17) is 9.47 Å². The Balaban J connectivity index is 1.99. The second-order valence-electron chi connectivity index (χ2n) is 7.50. The minimum Gasteiger partial charge on any atom is -0.497 e. The lowest BCUT2D eigenvalue weighted by Crippen LogP contribution is -2.37. The topological polar surface area (TPSA) is 99.6 Å². The van der Waals surface area contributed by atoms with E-state index < -0.39 is 24.6 Å². The van der Waals surface area contributed by atoms with Crippen molar-refractivity contribution in [3.05, 3.63) is 54.2 Å². The van der Waals surface area contributed by atoms with Crippen molar-refractivity contribution in [2.24, 2.45) is 12.0 Å². The third kappa shape index (κ3) is 4.94. The molecule has 1 atom stereocenters. The van der Waals surface area contributed by atoms with Gasteiger partial charge in [-0.05, 0) is 12.1 Å². The van der Waals surface area contributed by atoms with Gasteiger partial charge in [-0.25, -0.2) is 14.4 Å². The van der Waals surface area contributed by atoms with E-state index in [0.29, 0.717) is 11.3 Å². The Hall–Kier alpha value is -4.00. The fraction of sp³-hybridized carbons (Fsp3) is 0.273. The number of pyridine rings is 1. The molecule has 35 heavy (non-hydrogen) atoms. The Labute approximate surface area is 195 Å². The van der Waals surface area contributed by atoms with E-state index in [1.807, 2.05) is 0 Å². The number of nitrogens with zero attached hydrogens (tertiary/aromatic N) is 6. The number of alkyl halides is 3. The lowest BCUT2D eigenvalue weighted by Gasteiger charge is -2.18. The van der Waals surface area contributed by atoms with Crippen LogP contribution in [0.25, 0.3) is 22.4 Å². The summed E-state index contributed by atoms with van der Waals surface area (Å²) in [6.45, 7) is -0.951. The normalized spacial score (nSPS) is 13.3. The number of ether oxygens (including phenoxy) is 2. The van der Waals surface area contributed by atoms with Gasteiger partial charge in [0, 0.05) is 30.9 Å². The predicted molar refractivity (Wildman–Crippen MR) is 117 cm³/mol. The Bertz CT molecular complexity index is 1450. The highest BCUT2D eigenvalue weighted by molar-refractivity contribution is 5.73. The molecule has 0 aliphatic carbocycles. The lowest BCUT2D eigenvalue weighted by atomic mass is 10.2. The number of halogens is 4. The van der Waals surface area contributed by atoms with Crippen molar-refractivity contribution in [2.45, 2.75) is 18.8 Å². The quantitative estimate of drug-likeness (QED) is 0.415. The van der Waals surface area contributed by atoms with E-state index in [1.54, 1.807) is 13.2 Å². The third-order valence-corrected chi connectivity index (χ3v) is 5.12. The Morgan fingerprint density at radius 1 is 1.14 bits per heavy atom. The molecule has 4 rings (SSSR count). The summed E-state index contributed by atoms with van der Waals surface area (Å²) in [6.07, 6.45) is -3.01. The highest BCUT2D eigenvalue weighted by Gasteiger charge is 2.38. The summed E-state index contributed by atoms with van der Waals surface area (Å²) in [6, 6.07) is 5.42. The van der Waals surface area contributed by atoms with Crippen LogP contribution in [-0.2, 0) is 13.6 Å². The van der Waals surface area contributed by atoms with E-state index in [9.17, 15) is 22.7 Å². The SMILES string of the molecule is COc1cc(/N=c2\ccc3ncc(-c4cnn(C)c4)nc3n2CC(O)C(F)(F)F)c(F)c(OC)c1. The fourth-order valence-electron chi connectivity index (χ4n) is 3.33. The average Bonchev–Trinajstić information content (AvgIpc) is 3.26. The van der Waals surface area contributed by atoms with Crippen LogP contribution in [0.15, 0.2) is 47.8 Å². The second kappa shape index (κ2) is 9.33. The molecule has 1 N–H and O–H groups in total. The molecule has 3 aromatic heterocycles. The largest absolute Gasteiger partial charge is 0.497 e. The van der Waals surface area contributed by atoms with Crippen LogP contribution in [0, 0.1) is 5.82 Å². The highest BCUT2D eigenvalue weighted by Crippen LogP contribution is 2.32. The molecule has 9 nitrogen and oxygen atoms in total. The van der Waals surface area contributed by atoms with Crippen molar-refractivity contribution in [3.63, 3.8) is 0 Å². The van der Waals surface area contributed by atoms with E-state index in [2.05, 4.69) is 20.1 Å². The van der Waals surface area contributed by atoms with Gasteiger partial charge in [0.2, 0.25) is 0 Å². The summed E-state index contributed by atoms with van der Waals surface area (Å²) in [7, 11) is 4.32. The number of hydrogen-bond acceptors (Lipinski definition) is 7. The molecular weight excluding hydrogens is 472 g/mol. The standard InChI is InChI=1S/C22H20F4N6O3/c1-31-10-12(8-28-31)16-9-27-14-4-5-19(32(21(14)30-16)11-18(33)22(24,25)26)29-15-6-13(34-2)7-17(35-3)20(15)23/h4-10,18,33H,11H2,1-3H3/b29-19+. The van der Waals surface area contributed by atoms with Gasteiger partial charge in [0.15, 0.2) is 23.3 Å². The fourth-order valence-corrected chi connectivity index (χ4v) is 3.33. The summed E-state index contributed by atoms with van der Waals surface area (Å²) < 4.78 is 67.4. The van der Waals surface area contributed by atoms with Gasteiger partial charge in [0.1, 0.15) is 22.4 Å². The second-order valence-corrected chi connectivity index (χ2v) is 7.50. The minimum atomic E-state index is -4.91. The monoisotopic (exact) mass is 492 g/mol. The van der Waals surface area contributed by atoms with Crippen LogP contribution in [0.3, 0.4) is 0 Å². The number of aliphatic hydroxyl groups excluding tert-OH is 1. The Kier molecular flexibility index (Phi) is 6.43. The van der Waals surface area contributed by atoms with Crippen LogP contribution in [0.5, 0.6) is 11.5 Å². The molecular formula is C22H20F4N6O3. The summed E-state index contributed by atoms with van der Waals surface area (Å²) in [5.74, 6) is -0.778. The van der Waals surface area contributed by atoms with Crippen molar-refractivity contribution >= 4 is 16.9 Å². The first kappa shape index (κ1) is 24.1. The number of benzene rings is 1. The minimum absolute atomic E-state index is 0.00572. The molecule has 0 fully saturated rings. The molecule has 0 bridgehead atoms. The molecule has 1 unspecified atom stereocenters. The van der Waals surface area contributed by atoms with Crippen molar-refractivity contribution < 1.29 is 32.1 Å². The maximum Gasteiger partial charge on any atom is 0.416 e. The summed E-state index contributed by atoms with van der Waals surface area (Å²) in [5.41, 5.74) is 0.823. The van der Waals surface area contributed by atoms with Crippen molar-refractivity contribution in [1.82, 2.24) is 24.3 Å². The lowest BCUT2D eigenvalue weighted by molar-refractivity contribution is -0.207. The molecule has 4 aromatic rings. The van der Waals surface area contributed by atoms with Gasteiger partial charge in [-0.1, -0.05) is 0 Å². The van der Waals surface area contributed by atoms with E-state index in [0.717, 1.165) is 4.57 Å². The van der Waals surface area contributed by atoms with Crippen LogP contribution in [0.1, 0.15) is 0 Å². The molecule has 0 radical (unpaired) electrons. The van der Waals surface area contributed by atoms with Gasteiger partial charge >= 0.3 is 6.18 Å². The molecule has 0 aliphatic heterocycles. The third-order valence-electron chi connectivity index (χ3n) is 5.12. The van der Waals surface area contributed by atoms with Crippen LogP contribution >= 0.6 is 0 Å². The van der Waals surface area contributed by atoms with Gasteiger partial charge in [0.05, 0.1) is 38.9 Å². The van der Waals surface area contributed by atoms with Gasteiger partial charge in [-0.2, -0.15) is 18.3 Å². The maximum atomic E-state index is 14.9. The summed E-state index contributed by atoms with van der Waals surface area (Å²) in [5, 5.41) is 13.9. The first-order valence-electron chi connectivity index (χ1n) is 10.2. The molecule has 184 valence electrons. The van der Waals surface area contributed by atoms with E-state index in [-0.39, 0.29) is 33.8 Å². The predicted octanol–water partition coefficient (Wildman–Crippen LogP) is 3.14. The van der Waals surface area contributed by atoms with Crippen molar-refractivity contribution in [3.8, 4) is 22.8 Å². The van der Waals surface area contributed by atoms with Gasteiger partial charge in [-0.3, -0.25) is 9.67 Å². The van der Waals surface area contributed by atoms with Crippen molar-refractivity contribution in [2.75, 3.05) is 14.2 Å². The Morgan fingerprint density at radius 3 is 2.54 bits per heavy atom. The van der Waals surface area contributed by atoms with E-state index >= 15 is 0 Å². The van der Waals surface area contributed by atoms with Crippen LogP contribution in [0.2, 0.25) is 0 Å². The maximum absolute atomic E-state index is 14.9. The zero-order chi connectivity index (χ0) is 25.3. The Morgan fingerprint density at radius 2 is 1.91 bits per heavy atom. The van der Waals surface area contributed by atoms with E-state index in [1.165, 1.54) is 55.6 Å². The first-order valence-corrected chi connectivity index (χ1v) is 10.2. The number of rotatable bonds is 6. The number of aryl methyl sites for hydroxylation is 1. The molecule has 0 aliphatic rings. The van der Waals surface area contributed by atoms with Crippen LogP contribution in [-0.4, -0.2) is 55.9 Å². The molecule has 0 spiro atoms. The van der Waals surface area contributed by atoms with Gasteiger partial charge < -0.3 is 19.1 Å². The van der Waals surface area contributed by atoms with Crippen LogP contribution < -0.4 is 15.0 Å². The highest BCUT2D eigenvalue weighted by atomic mass is 19.4. The zero-order valence-corrected chi connectivity index (χ0v) is 18.8. The summed E-state index contributed by atoms with van der Waals surface area (Å²) >= 11 is 0. The molecule has 3 heterocycles. The average molecular weight is 492 g/mol. The number of fused-ring (bicyclic) bond motifs is 1. The number of methoxy groups -OCH3 is 2. The number of aromatic nitrogens is 5. The number of hydrogen-bond donors (Lipinski definition) is 1. The molecule has 0 saturated heterocycles. The van der Waals surface area contributed by atoms with Crippen LogP contribution in [0.4, 0.5) is 23.2 Å². The molecule has 1 aromatic carbocycles. The molecule has 0 amide bonds. The first-order chi connectivity index (χ1) is 16.6. The van der Waals surface area contributed by atoms with Crippen molar-refractivity contribution in [1.29, 1.82) is 0 Å². The zero-order valence-electron chi connectivity index (χ0n) is 18.8. The molecule has 13 heteroatoms. The number of aliphatic hydroxyl groups is 1.